The first-order chi connectivity index (χ1) is 12.3. The monoisotopic (exact) mass is 336 g/mol. The molecule has 1 aliphatic carbocycles. The Kier molecular flexibility index (Phi) is 4.55. The molecule has 1 saturated heterocycles. The van der Waals surface area contributed by atoms with E-state index in [1.807, 2.05) is 36.4 Å². The zero-order valence-corrected chi connectivity index (χ0v) is 14.3. The van der Waals surface area contributed by atoms with Crippen LogP contribution in [0.1, 0.15) is 42.9 Å². The molecule has 0 atom stereocenters. The Morgan fingerprint density at radius 3 is 2.64 bits per heavy atom. The van der Waals surface area contributed by atoms with Crippen LogP contribution in [0.15, 0.2) is 42.5 Å². The van der Waals surface area contributed by atoms with Crippen molar-refractivity contribution >= 4 is 17.8 Å². The van der Waals surface area contributed by atoms with E-state index in [-0.39, 0.29) is 11.9 Å². The van der Waals surface area contributed by atoms with Crippen molar-refractivity contribution in [2.75, 3.05) is 18.0 Å². The molecular formula is C20H24N4O. The van der Waals surface area contributed by atoms with Crippen LogP contribution in [0.2, 0.25) is 0 Å². The van der Waals surface area contributed by atoms with Crippen LogP contribution in [-0.4, -0.2) is 35.2 Å². The van der Waals surface area contributed by atoms with Gasteiger partial charge in [0.05, 0.1) is 0 Å². The van der Waals surface area contributed by atoms with Crippen molar-refractivity contribution in [1.82, 2.24) is 15.5 Å². The van der Waals surface area contributed by atoms with Gasteiger partial charge in [-0.2, -0.15) is 5.10 Å². The van der Waals surface area contributed by atoms with E-state index in [9.17, 15) is 4.79 Å². The minimum atomic E-state index is -0.0157. The molecule has 5 nitrogen and oxygen atoms in total. The number of nitrogens with zero attached hydrogens (tertiary/aromatic N) is 2. The van der Waals surface area contributed by atoms with Crippen LogP contribution in [0.5, 0.6) is 0 Å². The van der Waals surface area contributed by atoms with E-state index in [2.05, 4.69) is 26.5 Å². The van der Waals surface area contributed by atoms with Gasteiger partial charge in [-0.25, -0.2) is 0 Å². The fraction of sp³-hybridized carbons (Fsp3) is 0.400. The smallest absolute Gasteiger partial charge is 0.244 e. The van der Waals surface area contributed by atoms with E-state index in [1.54, 1.807) is 6.08 Å². The summed E-state index contributed by atoms with van der Waals surface area (Å²) in [6.07, 6.45) is 7.95. The molecule has 1 aliphatic heterocycles. The summed E-state index contributed by atoms with van der Waals surface area (Å²) in [5.74, 6) is 1.74. The highest BCUT2D eigenvalue weighted by Gasteiger charge is 2.27. The Morgan fingerprint density at radius 2 is 1.92 bits per heavy atom. The summed E-state index contributed by atoms with van der Waals surface area (Å²) in [6.45, 7) is 1.87. The molecule has 2 aromatic rings. The number of benzene rings is 1. The molecule has 25 heavy (non-hydrogen) atoms. The van der Waals surface area contributed by atoms with Gasteiger partial charge < -0.3 is 10.2 Å². The van der Waals surface area contributed by atoms with Gasteiger partial charge in [0.25, 0.3) is 0 Å². The van der Waals surface area contributed by atoms with Crippen LogP contribution in [0, 0.1) is 0 Å². The third-order valence-corrected chi connectivity index (χ3v) is 4.99. The molecule has 130 valence electrons. The number of carbonyl (C=O) groups excluding carboxylic acids is 1. The van der Waals surface area contributed by atoms with E-state index in [0.717, 1.165) is 37.3 Å². The Bertz CT molecular complexity index is 740. The zero-order valence-electron chi connectivity index (χ0n) is 14.3. The topological polar surface area (TPSA) is 61.0 Å². The van der Waals surface area contributed by atoms with Gasteiger partial charge in [0, 0.05) is 42.9 Å². The molecule has 0 bridgehead atoms. The SMILES string of the molecule is O=C(/C=C/c1ccccc1)NC1CCN(c2cc(C3CC3)[nH]n2)CC1. The number of piperidine rings is 1. The van der Waals surface area contributed by atoms with Gasteiger partial charge in [-0.05, 0) is 37.3 Å². The average molecular weight is 336 g/mol. The average Bonchev–Trinajstić information content (AvgIpc) is 3.39. The first-order valence-electron chi connectivity index (χ1n) is 9.12. The molecule has 1 aromatic carbocycles. The van der Waals surface area contributed by atoms with Gasteiger partial charge in [0.1, 0.15) is 0 Å². The summed E-state index contributed by atoms with van der Waals surface area (Å²) < 4.78 is 0. The molecule has 2 heterocycles. The third kappa shape index (κ3) is 4.10. The zero-order chi connectivity index (χ0) is 17.1. The largest absolute Gasteiger partial charge is 0.355 e. The molecule has 1 amide bonds. The number of amides is 1. The molecular weight excluding hydrogens is 312 g/mol. The van der Waals surface area contributed by atoms with Crippen LogP contribution in [0.4, 0.5) is 5.82 Å². The van der Waals surface area contributed by atoms with Crippen LogP contribution < -0.4 is 10.2 Å². The molecule has 0 spiro atoms. The highest BCUT2D eigenvalue weighted by atomic mass is 16.1. The predicted octanol–water partition coefficient (Wildman–Crippen LogP) is 3.09. The first kappa shape index (κ1) is 15.9. The van der Waals surface area contributed by atoms with Crippen molar-refractivity contribution in [3.8, 4) is 0 Å². The van der Waals surface area contributed by atoms with Gasteiger partial charge in [0.15, 0.2) is 5.82 Å². The first-order valence-corrected chi connectivity index (χ1v) is 9.12. The number of nitrogens with one attached hydrogen (secondary N) is 2. The van der Waals surface area contributed by atoms with Gasteiger partial charge in [0.2, 0.25) is 5.91 Å². The predicted molar refractivity (Wildman–Crippen MR) is 99.4 cm³/mol. The van der Waals surface area contributed by atoms with Gasteiger partial charge >= 0.3 is 0 Å². The van der Waals surface area contributed by atoms with Crippen molar-refractivity contribution in [2.45, 2.75) is 37.6 Å². The van der Waals surface area contributed by atoms with Crippen molar-refractivity contribution in [3.63, 3.8) is 0 Å². The van der Waals surface area contributed by atoms with Crippen LogP contribution in [-0.2, 0) is 4.79 Å². The molecule has 2 N–H and O–H groups in total. The normalized spacial score (nSPS) is 18.6. The fourth-order valence-corrected chi connectivity index (χ4v) is 3.33. The number of anilines is 1. The van der Waals surface area contributed by atoms with E-state index in [0.29, 0.717) is 5.92 Å². The second-order valence-electron chi connectivity index (χ2n) is 6.97. The van der Waals surface area contributed by atoms with E-state index in [4.69, 9.17) is 0 Å². The van der Waals surface area contributed by atoms with E-state index >= 15 is 0 Å². The second kappa shape index (κ2) is 7.13. The number of carbonyl (C=O) groups is 1. The Morgan fingerprint density at radius 1 is 1.16 bits per heavy atom. The summed E-state index contributed by atoms with van der Waals surface area (Å²) in [7, 11) is 0. The van der Waals surface area contributed by atoms with E-state index in [1.165, 1.54) is 18.5 Å². The molecule has 2 fully saturated rings. The molecule has 5 heteroatoms. The molecule has 0 radical (unpaired) electrons. The second-order valence-corrected chi connectivity index (χ2v) is 6.97. The summed E-state index contributed by atoms with van der Waals surface area (Å²) in [5, 5.41) is 10.7. The molecule has 4 rings (SSSR count). The lowest BCUT2D eigenvalue weighted by Crippen LogP contribution is -2.44. The Hall–Kier alpha value is -2.56. The summed E-state index contributed by atoms with van der Waals surface area (Å²) in [5.41, 5.74) is 2.31. The van der Waals surface area contributed by atoms with Gasteiger partial charge in [-0.15, -0.1) is 0 Å². The van der Waals surface area contributed by atoms with Gasteiger partial charge in [-0.1, -0.05) is 30.3 Å². The standard InChI is InChI=1S/C20H24N4O/c25-20(9-6-15-4-2-1-3-5-15)21-17-10-12-24(13-11-17)19-14-18(22-23-19)16-7-8-16/h1-6,9,14,16-17H,7-8,10-13H2,(H,21,25)(H,22,23)/b9-6+. The number of aromatic amines is 1. The number of hydrogen-bond donors (Lipinski definition) is 2. The Balaban J connectivity index is 1.25. The van der Waals surface area contributed by atoms with Crippen LogP contribution >= 0.6 is 0 Å². The van der Waals surface area contributed by atoms with Crippen molar-refractivity contribution in [1.29, 1.82) is 0 Å². The van der Waals surface area contributed by atoms with E-state index < -0.39 is 0 Å². The van der Waals surface area contributed by atoms with Crippen molar-refractivity contribution < 1.29 is 4.79 Å². The minimum Gasteiger partial charge on any atom is -0.355 e. The molecule has 0 unspecified atom stereocenters. The number of hydrogen-bond acceptors (Lipinski definition) is 3. The van der Waals surface area contributed by atoms with Crippen LogP contribution in [0.25, 0.3) is 6.08 Å². The van der Waals surface area contributed by atoms with Crippen molar-refractivity contribution in [3.05, 3.63) is 53.7 Å². The summed E-state index contributed by atoms with van der Waals surface area (Å²) >= 11 is 0. The molecule has 2 aliphatic rings. The maximum Gasteiger partial charge on any atom is 0.244 e. The maximum atomic E-state index is 12.1. The quantitative estimate of drug-likeness (QED) is 0.825. The fourth-order valence-electron chi connectivity index (χ4n) is 3.33. The minimum absolute atomic E-state index is 0.0157. The highest BCUT2D eigenvalue weighted by Crippen LogP contribution is 2.40. The molecule has 1 aromatic heterocycles. The maximum absolute atomic E-state index is 12.1. The number of rotatable bonds is 5. The number of H-pyrrole nitrogens is 1. The number of aromatic nitrogens is 2. The molecule has 1 saturated carbocycles. The lowest BCUT2D eigenvalue weighted by atomic mass is 10.0. The van der Waals surface area contributed by atoms with Crippen LogP contribution in [0.3, 0.4) is 0 Å². The highest BCUT2D eigenvalue weighted by molar-refractivity contribution is 5.91. The van der Waals surface area contributed by atoms with Gasteiger partial charge in [-0.3, -0.25) is 9.89 Å². The lowest BCUT2D eigenvalue weighted by molar-refractivity contribution is -0.117. The third-order valence-electron chi connectivity index (χ3n) is 4.99. The van der Waals surface area contributed by atoms with Crippen molar-refractivity contribution in [2.24, 2.45) is 0 Å². The lowest BCUT2D eigenvalue weighted by Gasteiger charge is -2.32. The Labute approximate surface area is 148 Å². The summed E-state index contributed by atoms with van der Waals surface area (Å²) in [4.78, 5) is 14.4. The summed E-state index contributed by atoms with van der Waals surface area (Å²) in [6, 6.07) is 12.3.